The highest BCUT2D eigenvalue weighted by Gasteiger charge is 2.41. The van der Waals surface area contributed by atoms with Crippen molar-refractivity contribution in [2.75, 3.05) is 26.2 Å². The van der Waals surface area contributed by atoms with Crippen molar-refractivity contribution < 1.29 is 4.79 Å². The molecule has 6 nitrogen and oxygen atoms in total. The number of hydrogen-bond donors (Lipinski definition) is 3. The van der Waals surface area contributed by atoms with Gasteiger partial charge in [0.25, 0.3) is 5.91 Å². The monoisotopic (exact) mass is 209 g/mol. The molecule has 1 fully saturated rings. The third-order valence-corrected chi connectivity index (χ3v) is 2.72. The number of carbonyl (C=O) groups excluding carboxylic acids is 1. The van der Waals surface area contributed by atoms with Crippen molar-refractivity contribution in [1.82, 2.24) is 15.5 Å². The molecular weight excluding hydrogens is 194 g/mol. The summed E-state index contributed by atoms with van der Waals surface area (Å²) in [5, 5.41) is 6.22. The van der Waals surface area contributed by atoms with Crippen LogP contribution in [0.1, 0.15) is 0 Å². The second-order valence-electron chi connectivity index (χ2n) is 3.61. The molecule has 2 aliphatic heterocycles. The van der Waals surface area contributed by atoms with Crippen LogP contribution in [0.2, 0.25) is 0 Å². The van der Waals surface area contributed by atoms with Crippen LogP contribution in [0.15, 0.2) is 17.4 Å². The first-order valence-electron chi connectivity index (χ1n) is 4.98. The zero-order valence-corrected chi connectivity index (χ0v) is 8.44. The lowest BCUT2D eigenvalue weighted by molar-refractivity contribution is -0.127. The number of nitrogens with one attached hydrogen (secondary N) is 2. The van der Waals surface area contributed by atoms with Crippen molar-refractivity contribution in [2.24, 2.45) is 10.7 Å². The van der Waals surface area contributed by atoms with Gasteiger partial charge < -0.3 is 16.4 Å². The summed E-state index contributed by atoms with van der Waals surface area (Å²) in [5.74, 6) is -0.419. The maximum Gasteiger partial charge on any atom is 0.264 e. The Labute approximate surface area is 88.2 Å². The molecule has 1 unspecified atom stereocenters. The van der Waals surface area contributed by atoms with E-state index >= 15 is 0 Å². The summed E-state index contributed by atoms with van der Waals surface area (Å²) in [7, 11) is 0. The molecule has 15 heavy (non-hydrogen) atoms. The molecule has 1 saturated heterocycles. The van der Waals surface area contributed by atoms with Gasteiger partial charge in [0.05, 0.1) is 6.21 Å². The topological polar surface area (TPSA) is 82.8 Å². The Kier molecular flexibility index (Phi) is 2.70. The van der Waals surface area contributed by atoms with Crippen LogP contribution in [-0.2, 0) is 4.79 Å². The highest BCUT2D eigenvalue weighted by Crippen LogP contribution is 2.13. The second-order valence-corrected chi connectivity index (χ2v) is 3.61. The molecule has 4 N–H and O–H groups in total. The van der Waals surface area contributed by atoms with E-state index in [0.29, 0.717) is 0 Å². The third-order valence-electron chi connectivity index (χ3n) is 2.72. The molecule has 0 radical (unpaired) electrons. The van der Waals surface area contributed by atoms with E-state index in [1.54, 1.807) is 18.6 Å². The smallest absolute Gasteiger partial charge is 0.264 e. The molecule has 0 saturated carbocycles. The van der Waals surface area contributed by atoms with Crippen LogP contribution in [-0.4, -0.2) is 48.9 Å². The van der Waals surface area contributed by atoms with Crippen molar-refractivity contribution in [1.29, 1.82) is 0 Å². The second kappa shape index (κ2) is 4.00. The Balaban J connectivity index is 2.21. The Morgan fingerprint density at radius 3 is 2.73 bits per heavy atom. The Bertz CT molecular complexity index is 308. The van der Waals surface area contributed by atoms with Gasteiger partial charge in [0.15, 0.2) is 0 Å². The largest absolute Gasteiger partial charge is 0.366 e. The predicted octanol–water partition coefficient (Wildman–Crippen LogP) is -1.78. The van der Waals surface area contributed by atoms with Gasteiger partial charge >= 0.3 is 0 Å². The quantitative estimate of drug-likeness (QED) is 0.502. The zero-order chi connectivity index (χ0) is 10.7. The van der Waals surface area contributed by atoms with Gasteiger partial charge in [0.2, 0.25) is 5.66 Å². The van der Waals surface area contributed by atoms with Crippen LogP contribution in [0.25, 0.3) is 0 Å². The number of hydrogen-bond acceptors (Lipinski definition) is 5. The normalized spacial score (nSPS) is 31.2. The lowest BCUT2D eigenvalue weighted by atomic mass is 10.1. The number of nitrogens with two attached hydrogens (primary N) is 1. The van der Waals surface area contributed by atoms with E-state index in [0.717, 1.165) is 26.2 Å². The minimum atomic E-state index is -0.948. The first-order valence-corrected chi connectivity index (χ1v) is 4.98. The number of piperazine rings is 1. The fourth-order valence-corrected chi connectivity index (χ4v) is 1.88. The van der Waals surface area contributed by atoms with Gasteiger partial charge in [-0.25, -0.2) is 0 Å². The fourth-order valence-electron chi connectivity index (χ4n) is 1.88. The van der Waals surface area contributed by atoms with Crippen LogP contribution >= 0.6 is 0 Å². The number of primary amides is 1. The van der Waals surface area contributed by atoms with E-state index in [4.69, 9.17) is 5.73 Å². The molecule has 1 atom stereocenters. The van der Waals surface area contributed by atoms with E-state index in [1.165, 1.54) is 0 Å². The maximum absolute atomic E-state index is 11.5. The molecule has 6 heteroatoms. The van der Waals surface area contributed by atoms with Gasteiger partial charge in [-0.3, -0.25) is 14.7 Å². The number of carbonyl (C=O) groups is 1. The molecule has 0 spiro atoms. The fraction of sp³-hybridized carbons (Fsp3) is 0.556. The van der Waals surface area contributed by atoms with Gasteiger partial charge in [0, 0.05) is 38.6 Å². The summed E-state index contributed by atoms with van der Waals surface area (Å²) in [6, 6.07) is 0. The maximum atomic E-state index is 11.5. The van der Waals surface area contributed by atoms with E-state index in [1.807, 2.05) is 4.90 Å². The van der Waals surface area contributed by atoms with Gasteiger partial charge in [-0.1, -0.05) is 0 Å². The lowest BCUT2D eigenvalue weighted by Crippen LogP contribution is -2.69. The summed E-state index contributed by atoms with van der Waals surface area (Å²) in [4.78, 5) is 17.5. The van der Waals surface area contributed by atoms with Crippen LogP contribution in [0, 0.1) is 0 Å². The minimum absolute atomic E-state index is 0.419. The van der Waals surface area contributed by atoms with Crippen LogP contribution < -0.4 is 16.4 Å². The first-order chi connectivity index (χ1) is 7.26. The number of rotatable bonds is 2. The van der Waals surface area contributed by atoms with Gasteiger partial charge in [-0.05, 0) is 0 Å². The van der Waals surface area contributed by atoms with Crippen LogP contribution in [0.3, 0.4) is 0 Å². The van der Waals surface area contributed by atoms with Crippen molar-refractivity contribution in [2.45, 2.75) is 5.66 Å². The molecular formula is C9H15N5O. The summed E-state index contributed by atoms with van der Waals surface area (Å²) in [6.45, 7) is 3.26. The average Bonchev–Trinajstić information content (AvgIpc) is 2.31. The van der Waals surface area contributed by atoms with Gasteiger partial charge in [0.1, 0.15) is 0 Å². The summed E-state index contributed by atoms with van der Waals surface area (Å²) in [5.41, 5.74) is 4.50. The van der Waals surface area contributed by atoms with E-state index in [-0.39, 0.29) is 0 Å². The van der Waals surface area contributed by atoms with Gasteiger partial charge in [-0.2, -0.15) is 0 Å². The highest BCUT2D eigenvalue weighted by atomic mass is 16.2. The lowest BCUT2D eigenvalue weighted by Gasteiger charge is -2.41. The van der Waals surface area contributed by atoms with E-state index < -0.39 is 11.6 Å². The van der Waals surface area contributed by atoms with Crippen molar-refractivity contribution in [3.63, 3.8) is 0 Å². The third kappa shape index (κ3) is 1.73. The standard InChI is InChI=1S/C9H15N5O/c10-8(15)9(7-12-1-2-13-9)14-5-3-11-4-6-14/h1-2,7,11,13H,3-6H2,(H2,10,15). The molecule has 0 aromatic rings. The number of nitrogens with zero attached hydrogens (tertiary/aromatic N) is 2. The van der Waals surface area contributed by atoms with E-state index in [2.05, 4.69) is 15.6 Å². The molecule has 2 heterocycles. The predicted molar refractivity (Wildman–Crippen MR) is 57.1 cm³/mol. The average molecular weight is 209 g/mol. The van der Waals surface area contributed by atoms with Gasteiger partial charge in [-0.15, -0.1) is 0 Å². The molecule has 1 amide bonds. The zero-order valence-electron chi connectivity index (χ0n) is 8.44. The first kappa shape index (κ1) is 10.1. The molecule has 82 valence electrons. The SMILES string of the molecule is NC(=O)C1(N2CCNCC2)C=NC=CN1. The molecule has 0 bridgehead atoms. The molecule has 2 rings (SSSR count). The summed E-state index contributed by atoms with van der Waals surface area (Å²) >= 11 is 0. The van der Waals surface area contributed by atoms with Crippen molar-refractivity contribution in [3.8, 4) is 0 Å². The molecule has 2 aliphatic rings. The minimum Gasteiger partial charge on any atom is -0.366 e. The Hall–Kier alpha value is -1.40. The number of aliphatic imine (C=N–C) groups is 1. The Morgan fingerprint density at radius 2 is 2.20 bits per heavy atom. The molecule has 0 aromatic carbocycles. The van der Waals surface area contributed by atoms with Crippen molar-refractivity contribution >= 4 is 12.1 Å². The summed E-state index contributed by atoms with van der Waals surface area (Å²) < 4.78 is 0. The summed E-state index contributed by atoms with van der Waals surface area (Å²) in [6.07, 6.45) is 4.82. The van der Waals surface area contributed by atoms with Crippen molar-refractivity contribution in [3.05, 3.63) is 12.4 Å². The molecule has 0 aromatic heterocycles. The number of amides is 1. The van der Waals surface area contributed by atoms with E-state index in [9.17, 15) is 4.79 Å². The van der Waals surface area contributed by atoms with Crippen LogP contribution in [0.4, 0.5) is 0 Å². The molecule has 0 aliphatic carbocycles. The Morgan fingerprint density at radius 1 is 1.47 bits per heavy atom. The highest BCUT2D eigenvalue weighted by molar-refractivity contribution is 6.02. The van der Waals surface area contributed by atoms with Crippen LogP contribution in [0.5, 0.6) is 0 Å².